The number of allylic oxidation sites excluding steroid dienone is 1. The van der Waals surface area contributed by atoms with Crippen LogP contribution in [0.3, 0.4) is 0 Å². The number of fused-ring (bicyclic) bond motifs is 1. The highest BCUT2D eigenvalue weighted by Crippen LogP contribution is 2.27. The maximum Gasteiger partial charge on any atom is 0.272 e. The van der Waals surface area contributed by atoms with E-state index in [0.717, 1.165) is 11.1 Å². The number of carbonyl (C=O) groups is 1. The molecule has 0 heterocycles. The average Bonchev–Trinajstić information content (AvgIpc) is 2.60. The topological polar surface area (TPSA) is 60.2 Å². The largest absolute Gasteiger partial charge is 0.294 e. The van der Waals surface area contributed by atoms with Gasteiger partial charge in [-0.2, -0.15) is 0 Å². The average molecular weight is 307 g/mol. The van der Waals surface area contributed by atoms with E-state index in [1.165, 1.54) is 6.07 Å². The second kappa shape index (κ2) is 6.16. The van der Waals surface area contributed by atoms with Gasteiger partial charge in [0.25, 0.3) is 5.69 Å². The number of benzene rings is 2. The van der Waals surface area contributed by atoms with Gasteiger partial charge in [0.15, 0.2) is 5.78 Å². The summed E-state index contributed by atoms with van der Waals surface area (Å²) in [5.41, 5.74) is 3.52. The van der Waals surface area contributed by atoms with Crippen LogP contribution in [0.1, 0.15) is 34.0 Å². The van der Waals surface area contributed by atoms with E-state index in [4.69, 9.17) is 0 Å². The van der Waals surface area contributed by atoms with Gasteiger partial charge in [0.05, 0.1) is 4.92 Å². The maximum absolute atomic E-state index is 12.7. The summed E-state index contributed by atoms with van der Waals surface area (Å²) in [7, 11) is 0. The molecule has 0 radical (unpaired) electrons. The Morgan fingerprint density at radius 3 is 2.78 bits per heavy atom. The van der Waals surface area contributed by atoms with Crippen molar-refractivity contribution in [1.29, 1.82) is 0 Å². The SMILES string of the molecule is CCc1cc(C(=O)C2C=Cc3ccccc3C2)ccc1[N+](=O)[O-]. The quantitative estimate of drug-likeness (QED) is 0.482. The molecular weight excluding hydrogens is 290 g/mol. The van der Waals surface area contributed by atoms with Crippen LogP contribution in [-0.4, -0.2) is 10.7 Å². The van der Waals surface area contributed by atoms with Crippen LogP contribution in [0.25, 0.3) is 6.08 Å². The molecule has 0 amide bonds. The Labute approximate surface area is 134 Å². The van der Waals surface area contributed by atoms with Crippen molar-refractivity contribution in [2.75, 3.05) is 0 Å². The van der Waals surface area contributed by atoms with E-state index in [1.807, 2.05) is 43.3 Å². The fourth-order valence-electron chi connectivity index (χ4n) is 3.00. The molecule has 3 rings (SSSR count). The number of Topliss-reactive ketones (excluding diaryl/α,β-unsaturated/α-hetero) is 1. The number of hydrogen-bond acceptors (Lipinski definition) is 3. The Morgan fingerprint density at radius 2 is 2.04 bits per heavy atom. The molecule has 23 heavy (non-hydrogen) atoms. The lowest BCUT2D eigenvalue weighted by molar-refractivity contribution is -0.385. The van der Waals surface area contributed by atoms with Crippen LogP contribution in [0.5, 0.6) is 0 Å². The zero-order valence-corrected chi connectivity index (χ0v) is 12.9. The molecule has 0 aromatic heterocycles. The predicted molar refractivity (Wildman–Crippen MR) is 89.5 cm³/mol. The normalized spacial score (nSPS) is 16.0. The molecule has 4 nitrogen and oxygen atoms in total. The van der Waals surface area contributed by atoms with Gasteiger partial charge in [-0.1, -0.05) is 43.3 Å². The van der Waals surface area contributed by atoms with Crippen molar-refractivity contribution >= 4 is 17.5 Å². The lowest BCUT2D eigenvalue weighted by Gasteiger charge is -2.18. The van der Waals surface area contributed by atoms with Gasteiger partial charge in [-0.25, -0.2) is 0 Å². The molecule has 2 aromatic carbocycles. The highest BCUT2D eigenvalue weighted by molar-refractivity contribution is 6.00. The molecule has 1 unspecified atom stereocenters. The molecule has 0 N–H and O–H groups in total. The van der Waals surface area contributed by atoms with E-state index in [0.29, 0.717) is 24.0 Å². The van der Waals surface area contributed by atoms with Crippen LogP contribution in [0.15, 0.2) is 48.5 Å². The van der Waals surface area contributed by atoms with Gasteiger partial charge in [0.1, 0.15) is 0 Å². The molecular formula is C19H17NO3. The van der Waals surface area contributed by atoms with E-state index in [-0.39, 0.29) is 17.4 Å². The third-order valence-corrected chi connectivity index (χ3v) is 4.28. The summed E-state index contributed by atoms with van der Waals surface area (Å²) < 4.78 is 0. The van der Waals surface area contributed by atoms with Crippen molar-refractivity contribution in [2.45, 2.75) is 19.8 Å². The standard InChI is InChI=1S/C19H17NO3/c1-2-13-11-17(9-10-18(13)20(22)23)19(21)16-8-7-14-5-3-4-6-15(14)12-16/h3-11,16H,2,12H2,1H3. The van der Waals surface area contributed by atoms with E-state index in [1.54, 1.807) is 12.1 Å². The summed E-state index contributed by atoms with van der Waals surface area (Å²) >= 11 is 0. The predicted octanol–water partition coefficient (Wildman–Crippen LogP) is 4.23. The summed E-state index contributed by atoms with van der Waals surface area (Å²) in [6.07, 6.45) is 5.11. The molecule has 0 bridgehead atoms. The first-order valence-corrected chi connectivity index (χ1v) is 7.67. The lowest BCUT2D eigenvalue weighted by atomic mass is 9.84. The Hall–Kier alpha value is -2.75. The number of ketones is 1. The molecule has 0 fully saturated rings. The summed E-state index contributed by atoms with van der Waals surface area (Å²) in [4.78, 5) is 23.3. The molecule has 1 aliphatic rings. The zero-order valence-electron chi connectivity index (χ0n) is 12.9. The van der Waals surface area contributed by atoms with E-state index in [2.05, 4.69) is 0 Å². The smallest absolute Gasteiger partial charge is 0.272 e. The summed E-state index contributed by atoms with van der Waals surface area (Å²) in [5, 5.41) is 11.0. The van der Waals surface area contributed by atoms with Gasteiger partial charge in [0.2, 0.25) is 0 Å². The number of hydrogen-bond donors (Lipinski definition) is 0. The lowest BCUT2D eigenvalue weighted by Crippen LogP contribution is -2.18. The number of nitrogens with zero attached hydrogens (tertiary/aromatic N) is 1. The first kappa shape index (κ1) is 15.2. The number of aryl methyl sites for hydroxylation is 1. The van der Waals surface area contributed by atoms with Crippen molar-refractivity contribution < 1.29 is 9.72 Å². The van der Waals surface area contributed by atoms with Crippen molar-refractivity contribution in [3.8, 4) is 0 Å². The number of nitro benzene ring substituents is 1. The number of carbonyl (C=O) groups excluding carboxylic acids is 1. The minimum Gasteiger partial charge on any atom is -0.294 e. The first-order chi connectivity index (χ1) is 11.1. The minimum atomic E-state index is -0.399. The summed E-state index contributed by atoms with van der Waals surface area (Å²) in [5.74, 6) is -0.198. The van der Waals surface area contributed by atoms with Crippen LogP contribution >= 0.6 is 0 Å². The minimum absolute atomic E-state index is 0.0142. The molecule has 0 aliphatic heterocycles. The molecule has 0 saturated carbocycles. The second-order valence-corrected chi connectivity index (χ2v) is 5.69. The van der Waals surface area contributed by atoms with Crippen LogP contribution in [0.2, 0.25) is 0 Å². The Balaban J connectivity index is 1.89. The highest BCUT2D eigenvalue weighted by atomic mass is 16.6. The monoisotopic (exact) mass is 307 g/mol. The van der Waals surface area contributed by atoms with Crippen LogP contribution in [-0.2, 0) is 12.8 Å². The van der Waals surface area contributed by atoms with Crippen LogP contribution < -0.4 is 0 Å². The maximum atomic E-state index is 12.7. The molecule has 4 heteroatoms. The third-order valence-electron chi connectivity index (χ3n) is 4.28. The molecule has 2 aromatic rings. The van der Waals surface area contributed by atoms with E-state index >= 15 is 0 Å². The third kappa shape index (κ3) is 2.93. The Kier molecular flexibility index (Phi) is 4.06. The van der Waals surface area contributed by atoms with Crippen molar-refractivity contribution in [3.05, 3.63) is 80.9 Å². The van der Waals surface area contributed by atoms with E-state index < -0.39 is 4.92 Å². The second-order valence-electron chi connectivity index (χ2n) is 5.69. The fourth-order valence-corrected chi connectivity index (χ4v) is 3.00. The van der Waals surface area contributed by atoms with Gasteiger partial charge in [-0.05, 0) is 36.1 Å². The highest BCUT2D eigenvalue weighted by Gasteiger charge is 2.23. The Bertz CT molecular complexity index is 808. The van der Waals surface area contributed by atoms with E-state index in [9.17, 15) is 14.9 Å². The molecule has 1 atom stereocenters. The number of nitro groups is 1. The molecule has 0 saturated heterocycles. The van der Waals surface area contributed by atoms with Crippen molar-refractivity contribution in [3.63, 3.8) is 0 Å². The molecule has 116 valence electrons. The summed E-state index contributed by atoms with van der Waals surface area (Å²) in [6.45, 7) is 1.85. The van der Waals surface area contributed by atoms with Gasteiger partial charge >= 0.3 is 0 Å². The van der Waals surface area contributed by atoms with Crippen LogP contribution in [0, 0.1) is 16.0 Å². The van der Waals surface area contributed by atoms with Gasteiger partial charge in [0, 0.05) is 23.1 Å². The van der Waals surface area contributed by atoms with Gasteiger partial charge in [-0.3, -0.25) is 14.9 Å². The van der Waals surface area contributed by atoms with Crippen molar-refractivity contribution in [1.82, 2.24) is 0 Å². The molecule has 0 spiro atoms. The van der Waals surface area contributed by atoms with Crippen molar-refractivity contribution in [2.24, 2.45) is 5.92 Å². The summed E-state index contributed by atoms with van der Waals surface area (Å²) in [6, 6.07) is 12.7. The zero-order chi connectivity index (χ0) is 16.4. The Morgan fingerprint density at radius 1 is 1.26 bits per heavy atom. The number of rotatable bonds is 4. The van der Waals surface area contributed by atoms with Gasteiger partial charge < -0.3 is 0 Å². The fraction of sp³-hybridized carbons (Fsp3) is 0.211. The van der Waals surface area contributed by atoms with Gasteiger partial charge in [-0.15, -0.1) is 0 Å². The molecule has 1 aliphatic carbocycles. The first-order valence-electron chi connectivity index (χ1n) is 7.67. The van der Waals surface area contributed by atoms with Crippen LogP contribution in [0.4, 0.5) is 5.69 Å².